The first-order chi connectivity index (χ1) is 10.0. The minimum atomic E-state index is -0.581. The molecule has 2 fully saturated rings. The van der Waals surface area contributed by atoms with E-state index in [1.165, 1.54) is 11.1 Å². The Morgan fingerprint density at radius 2 is 2.14 bits per heavy atom. The van der Waals surface area contributed by atoms with Gasteiger partial charge >= 0.3 is 0 Å². The normalized spacial score (nSPS) is 28.9. The van der Waals surface area contributed by atoms with Gasteiger partial charge < -0.3 is 10.0 Å². The maximum Gasteiger partial charge on any atom is 0.233 e. The SMILES string of the molecule is CCc1cc(C)cc(Br)c1[C@H]1C(=O)N2CCCCC2C1O. The second-order valence-corrected chi connectivity index (χ2v) is 7.09. The first kappa shape index (κ1) is 15.0. The Bertz CT molecular complexity index is 572. The summed E-state index contributed by atoms with van der Waals surface area (Å²) in [4.78, 5) is 14.7. The van der Waals surface area contributed by atoms with E-state index in [4.69, 9.17) is 0 Å². The van der Waals surface area contributed by atoms with E-state index in [0.717, 1.165) is 42.3 Å². The maximum absolute atomic E-state index is 12.8. The molecule has 114 valence electrons. The molecular weight excluding hydrogens is 330 g/mol. The van der Waals surface area contributed by atoms with E-state index in [0.29, 0.717) is 0 Å². The van der Waals surface area contributed by atoms with Crippen molar-refractivity contribution in [2.75, 3.05) is 6.54 Å². The standard InChI is InChI=1S/C17H22BrNO2/c1-3-11-8-10(2)9-12(18)14(11)15-16(20)13-6-4-5-7-19(13)17(15)21/h8-9,13,15-16,20H,3-7H2,1-2H3/t13?,15-,16?/m1/s1. The average Bonchev–Trinajstić information content (AvgIpc) is 2.71. The highest BCUT2D eigenvalue weighted by atomic mass is 79.9. The molecule has 0 spiro atoms. The second kappa shape index (κ2) is 5.73. The molecule has 0 aliphatic carbocycles. The Hall–Kier alpha value is -0.870. The van der Waals surface area contributed by atoms with Crippen LogP contribution in [0.3, 0.4) is 0 Å². The van der Waals surface area contributed by atoms with Gasteiger partial charge in [-0.3, -0.25) is 4.79 Å². The lowest BCUT2D eigenvalue weighted by atomic mass is 9.87. The molecule has 2 aliphatic rings. The number of carbonyl (C=O) groups is 1. The predicted molar refractivity (Wildman–Crippen MR) is 86.4 cm³/mol. The van der Waals surface area contributed by atoms with Crippen molar-refractivity contribution in [3.05, 3.63) is 33.3 Å². The van der Waals surface area contributed by atoms with E-state index in [1.807, 2.05) is 11.0 Å². The lowest BCUT2D eigenvalue weighted by Gasteiger charge is -2.30. The van der Waals surface area contributed by atoms with Gasteiger partial charge in [-0.05, 0) is 55.4 Å². The number of aryl methyl sites for hydroxylation is 2. The van der Waals surface area contributed by atoms with Gasteiger partial charge in [-0.25, -0.2) is 0 Å². The van der Waals surface area contributed by atoms with Gasteiger partial charge in [-0.15, -0.1) is 0 Å². The summed E-state index contributed by atoms with van der Waals surface area (Å²) >= 11 is 3.62. The van der Waals surface area contributed by atoms with Gasteiger partial charge in [0.05, 0.1) is 18.1 Å². The minimum absolute atomic E-state index is 0.00848. The average molecular weight is 352 g/mol. The number of rotatable bonds is 2. The Balaban J connectivity index is 2.06. The molecule has 0 aromatic heterocycles. The van der Waals surface area contributed by atoms with Crippen molar-refractivity contribution in [1.29, 1.82) is 0 Å². The number of benzene rings is 1. The number of carbonyl (C=O) groups excluding carboxylic acids is 1. The first-order valence-electron chi connectivity index (χ1n) is 7.82. The molecule has 3 rings (SSSR count). The first-order valence-corrected chi connectivity index (χ1v) is 8.61. The highest BCUT2D eigenvalue weighted by Gasteiger charge is 2.49. The number of hydrogen-bond acceptors (Lipinski definition) is 2. The highest BCUT2D eigenvalue weighted by molar-refractivity contribution is 9.10. The van der Waals surface area contributed by atoms with Crippen LogP contribution in [-0.4, -0.2) is 34.6 Å². The van der Waals surface area contributed by atoms with Crippen molar-refractivity contribution >= 4 is 21.8 Å². The Kier molecular flexibility index (Phi) is 4.10. The highest BCUT2D eigenvalue weighted by Crippen LogP contribution is 2.42. The van der Waals surface area contributed by atoms with Crippen LogP contribution in [0, 0.1) is 6.92 Å². The van der Waals surface area contributed by atoms with Gasteiger partial charge in [0.15, 0.2) is 0 Å². The summed E-state index contributed by atoms with van der Waals surface area (Å²) in [5, 5.41) is 10.7. The summed E-state index contributed by atoms with van der Waals surface area (Å²) in [7, 11) is 0. The monoisotopic (exact) mass is 351 g/mol. The summed E-state index contributed by atoms with van der Waals surface area (Å²) in [5.74, 6) is -0.301. The predicted octanol–water partition coefficient (Wildman–Crippen LogP) is 3.16. The number of amides is 1. The fourth-order valence-electron chi connectivity index (χ4n) is 3.89. The number of aliphatic hydroxyl groups is 1. The number of aliphatic hydroxyl groups excluding tert-OH is 1. The summed E-state index contributed by atoms with van der Waals surface area (Å²) in [6.45, 7) is 4.95. The van der Waals surface area contributed by atoms with Gasteiger partial charge in [-0.2, -0.15) is 0 Å². The zero-order valence-corrected chi connectivity index (χ0v) is 14.2. The van der Waals surface area contributed by atoms with Gasteiger partial charge in [-0.1, -0.05) is 28.9 Å². The molecule has 3 nitrogen and oxygen atoms in total. The van der Waals surface area contributed by atoms with E-state index in [2.05, 4.69) is 35.8 Å². The van der Waals surface area contributed by atoms with Crippen molar-refractivity contribution in [2.24, 2.45) is 0 Å². The van der Waals surface area contributed by atoms with Gasteiger partial charge in [0, 0.05) is 11.0 Å². The van der Waals surface area contributed by atoms with Crippen molar-refractivity contribution < 1.29 is 9.90 Å². The zero-order chi connectivity index (χ0) is 15.1. The number of hydrogen-bond donors (Lipinski definition) is 1. The third-order valence-electron chi connectivity index (χ3n) is 4.89. The maximum atomic E-state index is 12.8. The molecular formula is C17H22BrNO2. The van der Waals surface area contributed by atoms with Crippen LogP contribution in [0.25, 0.3) is 0 Å². The van der Waals surface area contributed by atoms with Crippen LogP contribution >= 0.6 is 15.9 Å². The molecule has 4 heteroatoms. The fourth-order valence-corrected chi connectivity index (χ4v) is 4.76. The molecule has 0 radical (unpaired) electrons. The van der Waals surface area contributed by atoms with Crippen LogP contribution < -0.4 is 0 Å². The Morgan fingerprint density at radius 1 is 1.38 bits per heavy atom. The van der Waals surface area contributed by atoms with Crippen LogP contribution in [0.5, 0.6) is 0 Å². The number of fused-ring (bicyclic) bond motifs is 1. The molecule has 3 atom stereocenters. The lowest BCUT2D eigenvalue weighted by Crippen LogP contribution is -2.40. The molecule has 2 unspecified atom stereocenters. The van der Waals surface area contributed by atoms with Crippen LogP contribution in [0.15, 0.2) is 16.6 Å². The molecule has 0 bridgehead atoms. The molecule has 2 heterocycles. The van der Waals surface area contributed by atoms with Crippen LogP contribution in [0.2, 0.25) is 0 Å². The Labute approximate surface area is 134 Å². The third-order valence-corrected chi connectivity index (χ3v) is 5.54. The van der Waals surface area contributed by atoms with E-state index >= 15 is 0 Å². The topological polar surface area (TPSA) is 40.5 Å². The number of piperidine rings is 1. The molecule has 0 saturated carbocycles. The lowest BCUT2D eigenvalue weighted by molar-refractivity contribution is -0.130. The fraction of sp³-hybridized carbons (Fsp3) is 0.588. The second-order valence-electron chi connectivity index (χ2n) is 6.24. The van der Waals surface area contributed by atoms with Crippen LogP contribution in [-0.2, 0) is 11.2 Å². The molecule has 1 aromatic rings. The van der Waals surface area contributed by atoms with Crippen molar-refractivity contribution in [3.63, 3.8) is 0 Å². The quantitative estimate of drug-likeness (QED) is 0.888. The number of nitrogens with zero attached hydrogens (tertiary/aromatic N) is 1. The third kappa shape index (κ3) is 2.42. The van der Waals surface area contributed by atoms with E-state index < -0.39 is 12.0 Å². The smallest absolute Gasteiger partial charge is 0.233 e. The summed E-state index contributed by atoms with van der Waals surface area (Å²) in [5.41, 5.74) is 3.34. The van der Waals surface area contributed by atoms with Gasteiger partial charge in [0.25, 0.3) is 0 Å². The Morgan fingerprint density at radius 3 is 2.81 bits per heavy atom. The van der Waals surface area contributed by atoms with Crippen LogP contribution in [0.4, 0.5) is 0 Å². The van der Waals surface area contributed by atoms with E-state index in [9.17, 15) is 9.90 Å². The summed E-state index contributed by atoms with van der Waals surface area (Å²) in [6.07, 6.45) is 3.37. The summed E-state index contributed by atoms with van der Waals surface area (Å²) < 4.78 is 0.955. The van der Waals surface area contributed by atoms with Gasteiger partial charge in [0.2, 0.25) is 5.91 Å². The number of halogens is 1. The molecule has 21 heavy (non-hydrogen) atoms. The molecule has 2 aliphatic heterocycles. The molecule has 2 saturated heterocycles. The molecule has 1 N–H and O–H groups in total. The van der Waals surface area contributed by atoms with Crippen molar-refractivity contribution in [1.82, 2.24) is 4.90 Å². The van der Waals surface area contributed by atoms with Gasteiger partial charge in [0.1, 0.15) is 0 Å². The zero-order valence-electron chi connectivity index (χ0n) is 12.6. The summed E-state index contributed by atoms with van der Waals surface area (Å²) in [6, 6.07) is 4.19. The molecule has 1 aromatic carbocycles. The minimum Gasteiger partial charge on any atom is -0.390 e. The van der Waals surface area contributed by atoms with Crippen LogP contribution in [0.1, 0.15) is 48.8 Å². The molecule has 1 amide bonds. The van der Waals surface area contributed by atoms with E-state index in [1.54, 1.807) is 0 Å². The van der Waals surface area contributed by atoms with Crippen molar-refractivity contribution in [2.45, 2.75) is 57.6 Å². The van der Waals surface area contributed by atoms with Crippen molar-refractivity contribution in [3.8, 4) is 0 Å². The largest absolute Gasteiger partial charge is 0.390 e. The van der Waals surface area contributed by atoms with E-state index in [-0.39, 0.29) is 11.9 Å².